The normalized spacial score (nSPS) is 11.0. The van der Waals surface area contributed by atoms with Gasteiger partial charge in [0.15, 0.2) is 5.16 Å². The van der Waals surface area contributed by atoms with E-state index in [1.807, 2.05) is 74.0 Å². The molecule has 4 rings (SSSR count). The topological polar surface area (TPSA) is 72.7 Å². The van der Waals surface area contributed by atoms with Gasteiger partial charge in [-0.15, -0.1) is 10.2 Å². The van der Waals surface area contributed by atoms with Crippen LogP contribution in [-0.2, 0) is 7.05 Å². The van der Waals surface area contributed by atoms with Gasteiger partial charge in [-0.2, -0.15) is 0 Å². The standard InChI is InChI=1S/C21H19N5OS/c1-13-4-9-19-17(10-13)18(11-14(2)23-19)20(27)24-15-5-7-16(8-6-15)28-21-25-22-12-26(21)3/h4-12H,1-3H3,(H,24,27). The number of fused-ring (bicyclic) bond motifs is 1. The Morgan fingerprint density at radius 3 is 2.57 bits per heavy atom. The summed E-state index contributed by atoms with van der Waals surface area (Å²) in [4.78, 5) is 18.5. The van der Waals surface area contributed by atoms with Crippen molar-refractivity contribution in [1.29, 1.82) is 0 Å². The zero-order valence-corrected chi connectivity index (χ0v) is 16.6. The van der Waals surface area contributed by atoms with Crippen LogP contribution in [0.4, 0.5) is 5.69 Å². The van der Waals surface area contributed by atoms with Gasteiger partial charge in [-0.05, 0) is 68.1 Å². The predicted molar refractivity (Wildman–Crippen MR) is 111 cm³/mol. The Kier molecular flexibility index (Phi) is 4.83. The van der Waals surface area contributed by atoms with E-state index in [0.717, 1.165) is 37.9 Å². The summed E-state index contributed by atoms with van der Waals surface area (Å²) in [7, 11) is 1.90. The van der Waals surface area contributed by atoms with Crippen LogP contribution in [0.3, 0.4) is 0 Å². The van der Waals surface area contributed by atoms with Gasteiger partial charge in [-0.1, -0.05) is 11.6 Å². The van der Waals surface area contributed by atoms with Crippen LogP contribution in [0.1, 0.15) is 21.6 Å². The lowest BCUT2D eigenvalue weighted by atomic mass is 10.0. The number of hydrogen-bond donors (Lipinski definition) is 1. The molecule has 2 aromatic heterocycles. The van der Waals surface area contributed by atoms with Gasteiger partial charge in [0.2, 0.25) is 0 Å². The van der Waals surface area contributed by atoms with Crippen LogP contribution in [-0.4, -0.2) is 25.7 Å². The molecule has 1 N–H and O–H groups in total. The molecule has 0 atom stereocenters. The second-order valence-electron chi connectivity index (χ2n) is 6.64. The van der Waals surface area contributed by atoms with Crippen LogP contribution in [0.2, 0.25) is 0 Å². The number of benzene rings is 2. The SMILES string of the molecule is Cc1ccc2nc(C)cc(C(=O)Nc3ccc(Sc4nncn4C)cc3)c2c1. The molecule has 0 fully saturated rings. The molecule has 0 aliphatic carbocycles. The van der Waals surface area contributed by atoms with E-state index in [4.69, 9.17) is 0 Å². The number of aromatic nitrogens is 4. The first-order valence-corrected chi connectivity index (χ1v) is 9.62. The number of rotatable bonds is 4. The van der Waals surface area contributed by atoms with E-state index in [-0.39, 0.29) is 5.91 Å². The second kappa shape index (κ2) is 7.44. The van der Waals surface area contributed by atoms with E-state index >= 15 is 0 Å². The molecule has 28 heavy (non-hydrogen) atoms. The third-order valence-electron chi connectivity index (χ3n) is 4.33. The third kappa shape index (κ3) is 3.75. The maximum atomic E-state index is 12.9. The van der Waals surface area contributed by atoms with Crippen molar-refractivity contribution in [2.75, 3.05) is 5.32 Å². The molecule has 0 unspecified atom stereocenters. The van der Waals surface area contributed by atoms with Crippen LogP contribution in [0.5, 0.6) is 0 Å². The van der Waals surface area contributed by atoms with Crippen molar-refractivity contribution < 1.29 is 4.79 Å². The van der Waals surface area contributed by atoms with Crippen LogP contribution in [0.15, 0.2) is 64.9 Å². The molecule has 0 aliphatic heterocycles. The number of carbonyl (C=O) groups excluding carboxylic acids is 1. The highest BCUT2D eigenvalue weighted by Gasteiger charge is 2.13. The number of amides is 1. The van der Waals surface area contributed by atoms with Crippen molar-refractivity contribution in [2.24, 2.45) is 7.05 Å². The number of nitrogens with one attached hydrogen (secondary N) is 1. The van der Waals surface area contributed by atoms with E-state index in [9.17, 15) is 4.79 Å². The highest BCUT2D eigenvalue weighted by atomic mass is 32.2. The fraction of sp³-hybridized carbons (Fsp3) is 0.143. The second-order valence-corrected chi connectivity index (χ2v) is 7.68. The summed E-state index contributed by atoms with van der Waals surface area (Å²) in [6.07, 6.45) is 1.67. The molecular formula is C21H19N5OS. The van der Waals surface area contributed by atoms with Crippen molar-refractivity contribution in [3.63, 3.8) is 0 Å². The van der Waals surface area contributed by atoms with Crippen LogP contribution >= 0.6 is 11.8 Å². The molecule has 0 aliphatic rings. The fourth-order valence-corrected chi connectivity index (χ4v) is 3.70. The maximum absolute atomic E-state index is 12.9. The van der Waals surface area contributed by atoms with Gasteiger partial charge in [0, 0.05) is 28.7 Å². The van der Waals surface area contributed by atoms with Crippen LogP contribution in [0, 0.1) is 13.8 Å². The Balaban J connectivity index is 1.56. The van der Waals surface area contributed by atoms with Crippen LogP contribution < -0.4 is 5.32 Å². The lowest BCUT2D eigenvalue weighted by molar-refractivity contribution is 0.102. The average Bonchev–Trinajstić information content (AvgIpc) is 3.07. The maximum Gasteiger partial charge on any atom is 0.256 e. The Hall–Kier alpha value is -3.19. The lowest BCUT2D eigenvalue weighted by Crippen LogP contribution is -2.13. The molecule has 140 valence electrons. The largest absolute Gasteiger partial charge is 0.322 e. The molecule has 0 radical (unpaired) electrons. The zero-order chi connectivity index (χ0) is 19.7. The van der Waals surface area contributed by atoms with Gasteiger partial charge in [0.05, 0.1) is 11.1 Å². The highest BCUT2D eigenvalue weighted by Crippen LogP contribution is 2.27. The highest BCUT2D eigenvalue weighted by molar-refractivity contribution is 7.99. The van der Waals surface area contributed by atoms with Gasteiger partial charge < -0.3 is 9.88 Å². The summed E-state index contributed by atoms with van der Waals surface area (Å²) in [6.45, 7) is 3.91. The van der Waals surface area contributed by atoms with Crippen molar-refractivity contribution in [2.45, 2.75) is 23.9 Å². The van der Waals surface area contributed by atoms with Gasteiger partial charge in [0.25, 0.3) is 5.91 Å². The molecule has 7 heteroatoms. The van der Waals surface area contributed by atoms with Crippen molar-refractivity contribution >= 4 is 34.3 Å². The average molecular weight is 389 g/mol. The number of pyridine rings is 1. The molecule has 0 bridgehead atoms. The minimum atomic E-state index is -0.144. The van der Waals surface area contributed by atoms with Crippen molar-refractivity contribution in [3.8, 4) is 0 Å². The Bertz CT molecular complexity index is 1170. The Morgan fingerprint density at radius 2 is 1.86 bits per heavy atom. The quantitative estimate of drug-likeness (QED) is 0.561. The lowest BCUT2D eigenvalue weighted by Gasteiger charge is -2.10. The minimum absolute atomic E-state index is 0.144. The van der Waals surface area contributed by atoms with Crippen molar-refractivity contribution in [1.82, 2.24) is 19.7 Å². The molecule has 0 saturated heterocycles. The first kappa shape index (κ1) is 18.2. The van der Waals surface area contributed by atoms with Crippen molar-refractivity contribution in [3.05, 3.63) is 71.7 Å². The number of nitrogens with zero attached hydrogens (tertiary/aromatic N) is 4. The number of anilines is 1. The van der Waals surface area contributed by atoms with Gasteiger partial charge in [-0.3, -0.25) is 9.78 Å². The Morgan fingerprint density at radius 1 is 1.07 bits per heavy atom. The van der Waals surface area contributed by atoms with Gasteiger partial charge in [-0.25, -0.2) is 0 Å². The monoisotopic (exact) mass is 389 g/mol. The number of aryl methyl sites for hydroxylation is 3. The molecule has 0 saturated carbocycles. The summed E-state index contributed by atoms with van der Waals surface area (Å²) in [5.41, 5.74) is 4.10. The molecule has 1 amide bonds. The smallest absolute Gasteiger partial charge is 0.256 e. The number of hydrogen-bond acceptors (Lipinski definition) is 5. The van der Waals surface area contributed by atoms with E-state index in [0.29, 0.717) is 5.56 Å². The molecule has 2 heterocycles. The summed E-state index contributed by atoms with van der Waals surface area (Å²) in [5, 5.41) is 12.6. The molecule has 4 aromatic rings. The summed E-state index contributed by atoms with van der Waals surface area (Å²) < 4.78 is 1.86. The Labute approximate surface area is 167 Å². The summed E-state index contributed by atoms with van der Waals surface area (Å²) >= 11 is 1.52. The molecular weight excluding hydrogens is 370 g/mol. The van der Waals surface area contributed by atoms with E-state index in [1.165, 1.54) is 11.8 Å². The third-order valence-corrected chi connectivity index (χ3v) is 5.39. The van der Waals surface area contributed by atoms with Gasteiger partial charge in [0.1, 0.15) is 6.33 Å². The van der Waals surface area contributed by atoms with E-state index < -0.39 is 0 Å². The zero-order valence-electron chi connectivity index (χ0n) is 15.8. The number of carbonyl (C=O) groups is 1. The molecule has 6 nitrogen and oxygen atoms in total. The van der Waals surface area contributed by atoms with E-state index in [2.05, 4.69) is 20.5 Å². The fourth-order valence-electron chi connectivity index (χ4n) is 2.94. The first-order chi connectivity index (χ1) is 13.5. The minimum Gasteiger partial charge on any atom is -0.322 e. The summed E-state index contributed by atoms with van der Waals surface area (Å²) in [5.74, 6) is -0.144. The molecule has 0 spiro atoms. The first-order valence-electron chi connectivity index (χ1n) is 8.81. The predicted octanol–water partition coefficient (Wildman–Crippen LogP) is 4.38. The van der Waals surface area contributed by atoms with Crippen LogP contribution in [0.25, 0.3) is 10.9 Å². The summed E-state index contributed by atoms with van der Waals surface area (Å²) in [6, 6.07) is 15.5. The van der Waals surface area contributed by atoms with Gasteiger partial charge >= 0.3 is 0 Å². The molecule has 2 aromatic carbocycles. The van der Waals surface area contributed by atoms with E-state index in [1.54, 1.807) is 6.33 Å².